The summed E-state index contributed by atoms with van der Waals surface area (Å²) in [6.45, 7) is 1.68. The summed E-state index contributed by atoms with van der Waals surface area (Å²) in [6, 6.07) is 0. The Morgan fingerprint density at radius 3 is 2.39 bits per heavy atom. The SMILES string of the molecule is CN(C)C(=O)C1CCN(c2ncc(Br)cn2)CC1. The molecule has 6 heteroatoms. The number of piperidine rings is 1. The minimum absolute atomic E-state index is 0.145. The van der Waals surface area contributed by atoms with Crippen LogP contribution < -0.4 is 4.90 Å². The number of halogens is 1. The maximum Gasteiger partial charge on any atom is 0.225 e. The Hall–Kier alpha value is -1.17. The zero-order valence-corrected chi connectivity index (χ0v) is 12.2. The molecule has 0 saturated carbocycles. The van der Waals surface area contributed by atoms with Crippen LogP contribution in [0.2, 0.25) is 0 Å². The molecule has 0 radical (unpaired) electrons. The Morgan fingerprint density at radius 1 is 1.33 bits per heavy atom. The van der Waals surface area contributed by atoms with Crippen LogP contribution in [0.15, 0.2) is 16.9 Å². The topological polar surface area (TPSA) is 49.3 Å². The number of carbonyl (C=O) groups is 1. The first-order valence-electron chi connectivity index (χ1n) is 6.01. The summed E-state index contributed by atoms with van der Waals surface area (Å²) < 4.78 is 0.879. The van der Waals surface area contributed by atoms with E-state index >= 15 is 0 Å². The summed E-state index contributed by atoms with van der Waals surface area (Å²) >= 11 is 3.32. The summed E-state index contributed by atoms with van der Waals surface area (Å²) in [5.41, 5.74) is 0. The molecular formula is C12H17BrN4O. The Bertz CT molecular complexity index is 413. The van der Waals surface area contributed by atoms with Crippen LogP contribution in [-0.2, 0) is 4.79 Å². The molecule has 1 fully saturated rings. The lowest BCUT2D eigenvalue weighted by molar-refractivity contribution is -0.133. The third-order valence-corrected chi connectivity index (χ3v) is 3.58. The zero-order chi connectivity index (χ0) is 13.1. The molecule has 0 atom stereocenters. The summed E-state index contributed by atoms with van der Waals surface area (Å²) in [4.78, 5) is 24.2. The lowest BCUT2D eigenvalue weighted by atomic mass is 9.96. The maximum absolute atomic E-state index is 11.9. The van der Waals surface area contributed by atoms with E-state index < -0.39 is 0 Å². The number of nitrogens with zero attached hydrogens (tertiary/aromatic N) is 4. The van der Waals surface area contributed by atoms with Crippen molar-refractivity contribution in [1.82, 2.24) is 14.9 Å². The molecule has 1 saturated heterocycles. The average Bonchev–Trinajstić information content (AvgIpc) is 2.39. The van der Waals surface area contributed by atoms with Crippen molar-refractivity contribution in [3.8, 4) is 0 Å². The van der Waals surface area contributed by atoms with Gasteiger partial charge in [-0.3, -0.25) is 4.79 Å². The van der Waals surface area contributed by atoms with E-state index in [0.717, 1.165) is 36.4 Å². The molecule has 0 aliphatic carbocycles. The van der Waals surface area contributed by atoms with Crippen molar-refractivity contribution in [2.75, 3.05) is 32.1 Å². The van der Waals surface area contributed by atoms with Crippen molar-refractivity contribution in [1.29, 1.82) is 0 Å². The van der Waals surface area contributed by atoms with Crippen LogP contribution in [0.4, 0.5) is 5.95 Å². The molecule has 1 amide bonds. The monoisotopic (exact) mass is 312 g/mol. The molecule has 1 aliphatic heterocycles. The number of aromatic nitrogens is 2. The minimum Gasteiger partial charge on any atom is -0.349 e. The Morgan fingerprint density at radius 2 is 1.89 bits per heavy atom. The highest BCUT2D eigenvalue weighted by atomic mass is 79.9. The van der Waals surface area contributed by atoms with E-state index in [2.05, 4.69) is 30.8 Å². The summed E-state index contributed by atoms with van der Waals surface area (Å²) in [5, 5.41) is 0. The molecule has 0 spiro atoms. The van der Waals surface area contributed by atoms with Crippen molar-refractivity contribution in [2.45, 2.75) is 12.8 Å². The first-order chi connectivity index (χ1) is 8.58. The predicted molar refractivity (Wildman–Crippen MR) is 73.4 cm³/mol. The van der Waals surface area contributed by atoms with Gasteiger partial charge in [-0.25, -0.2) is 9.97 Å². The van der Waals surface area contributed by atoms with Crippen LogP contribution >= 0.6 is 15.9 Å². The largest absolute Gasteiger partial charge is 0.349 e. The molecule has 1 aromatic rings. The molecular weight excluding hydrogens is 296 g/mol. The number of anilines is 1. The van der Waals surface area contributed by atoms with Crippen molar-refractivity contribution in [3.63, 3.8) is 0 Å². The van der Waals surface area contributed by atoms with Crippen LogP contribution in [0.25, 0.3) is 0 Å². The van der Waals surface area contributed by atoms with Crippen molar-refractivity contribution in [2.24, 2.45) is 5.92 Å². The van der Waals surface area contributed by atoms with Crippen molar-refractivity contribution in [3.05, 3.63) is 16.9 Å². The summed E-state index contributed by atoms with van der Waals surface area (Å²) in [7, 11) is 3.62. The molecule has 1 aliphatic rings. The van der Waals surface area contributed by atoms with Crippen LogP contribution in [0.3, 0.4) is 0 Å². The number of hydrogen-bond acceptors (Lipinski definition) is 4. The molecule has 2 heterocycles. The fourth-order valence-electron chi connectivity index (χ4n) is 2.16. The van der Waals surface area contributed by atoms with E-state index in [1.54, 1.807) is 17.3 Å². The normalized spacial score (nSPS) is 16.7. The van der Waals surface area contributed by atoms with Gasteiger partial charge in [0, 0.05) is 45.5 Å². The second-order valence-corrected chi connectivity index (χ2v) is 5.61. The Balaban J connectivity index is 1.94. The molecule has 0 N–H and O–H groups in total. The molecule has 1 aromatic heterocycles. The third kappa shape index (κ3) is 2.98. The van der Waals surface area contributed by atoms with Crippen LogP contribution in [0, 0.1) is 5.92 Å². The number of rotatable bonds is 2. The van der Waals surface area contributed by atoms with Gasteiger partial charge in [0.1, 0.15) is 0 Å². The van der Waals surface area contributed by atoms with Gasteiger partial charge in [0.15, 0.2) is 0 Å². The molecule has 18 heavy (non-hydrogen) atoms. The van der Waals surface area contributed by atoms with Gasteiger partial charge in [0.25, 0.3) is 0 Å². The van der Waals surface area contributed by atoms with E-state index in [4.69, 9.17) is 0 Å². The lowest BCUT2D eigenvalue weighted by Gasteiger charge is -2.32. The van der Waals surface area contributed by atoms with Crippen LogP contribution in [-0.4, -0.2) is 48.0 Å². The van der Waals surface area contributed by atoms with Crippen molar-refractivity contribution < 1.29 is 4.79 Å². The highest BCUT2D eigenvalue weighted by molar-refractivity contribution is 9.10. The lowest BCUT2D eigenvalue weighted by Crippen LogP contribution is -2.40. The fraction of sp³-hybridized carbons (Fsp3) is 0.583. The molecule has 5 nitrogen and oxygen atoms in total. The average molecular weight is 313 g/mol. The summed E-state index contributed by atoms with van der Waals surface area (Å²) in [5.74, 6) is 1.12. The molecule has 0 unspecified atom stereocenters. The molecule has 98 valence electrons. The van der Waals surface area contributed by atoms with E-state index in [1.807, 2.05) is 14.1 Å². The number of hydrogen-bond donors (Lipinski definition) is 0. The third-order valence-electron chi connectivity index (χ3n) is 3.17. The molecule has 2 rings (SSSR count). The fourth-order valence-corrected chi connectivity index (χ4v) is 2.37. The number of amides is 1. The predicted octanol–water partition coefficient (Wildman–Crippen LogP) is 1.54. The Kier molecular flexibility index (Phi) is 4.16. The minimum atomic E-state index is 0.145. The standard InChI is InChI=1S/C12H17BrN4O/c1-16(2)11(18)9-3-5-17(6-4-9)12-14-7-10(13)8-15-12/h7-9H,3-6H2,1-2H3. The van der Waals surface area contributed by atoms with Gasteiger partial charge in [0.05, 0.1) is 4.47 Å². The quantitative estimate of drug-likeness (QED) is 0.831. The zero-order valence-electron chi connectivity index (χ0n) is 10.6. The second-order valence-electron chi connectivity index (χ2n) is 4.70. The van der Waals surface area contributed by atoms with Gasteiger partial charge in [0.2, 0.25) is 11.9 Å². The van der Waals surface area contributed by atoms with Crippen LogP contribution in [0.5, 0.6) is 0 Å². The molecule has 0 aromatic carbocycles. The first kappa shape index (κ1) is 13.3. The summed E-state index contributed by atoms with van der Waals surface area (Å²) in [6.07, 6.45) is 5.24. The smallest absolute Gasteiger partial charge is 0.225 e. The van der Waals surface area contributed by atoms with Gasteiger partial charge in [-0.1, -0.05) is 0 Å². The van der Waals surface area contributed by atoms with Gasteiger partial charge in [-0.15, -0.1) is 0 Å². The van der Waals surface area contributed by atoms with E-state index in [0.29, 0.717) is 0 Å². The van der Waals surface area contributed by atoms with Gasteiger partial charge in [-0.2, -0.15) is 0 Å². The Labute approximate surface area is 115 Å². The number of carbonyl (C=O) groups excluding carboxylic acids is 1. The van der Waals surface area contributed by atoms with Gasteiger partial charge >= 0.3 is 0 Å². The van der Waals surface area contributed by atoms with Crippen LogP contribution in [0.1, 0.15) is 12.8 Å². The van der Waals surface area contributed by atoms with E-state index in [1.165, 1.54) is 0 Å². The van der Waals surface area contributed by atoms with E-state index in [-0.39, 0.29) is 11.8 Å². The molecule has 0 bridgehead atoms. The highest BCUT2D eigenvalue weighted by Gasteiger charge is 2.26. The maximum atomic E-state index is 11.9. The first-order valence-corrected chi connectivity index (χ1v) is 6.81. The van der Waals surface area contributed by atoms with Gasteiger partial charge < -0.3 is 9.80 Å². The van der Waals surface area contributed by atoms with Gasteiger partial charge in [-0.05, 0) is 28.8 Å². The second kappa shape index (κ2) is 5.65. The van der Waals surface area contributed by atoms with Crippen molar-refractivity contribution >= 4 is 27.8 Å². The van der Waals surface area contributed by atoms with E-state index in [9.17, 15) is 4.79 Å². The highest BCUT2D eigenvalue weighted by Crippen LogP contribution is 2.22.